The molecule has 0 unspecified atom stereocenters. The molecule has 0 amide bonds. The van der Waals surface area contributed by atoms with Crippen molar-refractivity contribution in [3.63, 3.8) is 0 Å². The zero-order valence-electron chi connectivity index (χ0n) is 11.9. The zero-order chi connectivity index (χ0) is 14.5. The summed E-state index contributed by atoms with van der Waals surface area (Å²) >= 11 is 0. The minimum atomic E-state index is -1.62. The fourth-order valence-electron chi connectivity index (χ4n) is 2.54. The molecule has 0 aliphatic carbocycles. The lowest BCUT2D eigenvalue weighted by atomic mass is 9.80. The second kappa shape index (κ2) is 7.17. The lowest BCUT2D eigenvalue weighted by molar-refractivity contribution is 0.250. The van der Waals surface area contributed by atoms with E-state index in [9.17, 15) is 4.39 Å². The van der Waals surface area contributed by atoms with Crippen LogP contribution in [0.25, 0.3) is 0 Å². The van der Waals surface area contributed by atoms with Gasteiger partial charge in [0, 0.05) is 25.2 Å². The predicted molar refractivity (Wildman–Crippen MR) is 78.2 cm³/mol. The molecule has 0 atom stereocenters. The molecular formula is C14H22BFN2O2. The van der Waals surface area contributed by atoms with Gasteiger partial charge in [0.05, 0.1) is 0 Å². The van der Waals surface area contributed by atoms with E-state index in [1.54, 1.807) is 12.1 Å². The van der Waals surface area contributed by atoms with Crippen LogP contribution >= 0.6 is 0 Å². The molecule has 6 heteroatoms. The molecule has 0 aromatic heterocycles. The summed E-state index contributed by atoms with van der Waals surface area (Å²) in [5.74, 6) is -0.386. The van der Waals surface area contributed by atoms with Crippen molar-refractivity contribution >= 4 is 12.6 Å². The second-order valence-corrected chi connectivity index (χ2v) is 5.51. The number of hydrogen-bond acceptors (Lipinski definition) is 4. The lowest BCUT2D eigenvalue weighted by Crippen LogP contribution is -2.32. The predicted octanol–water partition coefficient (Wildman–Crippen LogP) is 0.0331. The molecule has 1 fully saturated rings. The zero-order valence-corrected chi connectivity index (χ0v) is 11.9. The van der Waals surface area contributed by atoms with Crippen LogP contribution in [0.5, 0.6) is 0 Å². The average molecular weight is 280 g/mol. The van der Waals surface area contributed by atoms with E-state index in [0.717, 1.165) is 13.1 Å². The van der Waals surface area contributed by atoms with Crippen LogP contribution in [0.15, 0.2) is 18.2 Å². The van der Waals surface area contributed by atoms with Crippen molar-refractivity contribution < 1.29 is 14.4 Å². The van der Waals surface area contributed by atoms with Gasteiger partial charge < -0.3 is 19.8 Å². The van der Waals surface area contributed by atoms with Gasteiger partial charge in [-0.05, 0) is 44.5 Å². The van der Waals surface area contributed by atoms with E-state index >= 15 is 0 Å². The summed E-state index contributed by atoms with van der Waals surface area (Å²) in [6.45, 7) is 4.80. The van der Waals surface area contributed by atoms with Gasteiger partial charge >= 0.3 is 7.12 Å². The van der Waals surface area contributed by atoms with Gasteiger partial charge in [-0.1, -0.05) is 12.1 Å². The van der Waals surface area contributed by atoms with Crippen molar-refractivity contribution in [2.24, 2.45) is 0 Å². The molecule has 2 N–H and O–H groups in total. The summed E-state index contributed by atoms with van der Waals surface area (Å²) < 4.78 is 13.9. The van der Waals surface area contributed by atoms with Gasteiger partial charge in [0.1, 0.15) is 5.82 Å². The first-order valence-corrected chi connectivity index (χ1v) is 7.11. The van der Waals surface area contributed by atoms with Gasteiger partial charge in [0.25, 0.3) is 0 Å². The van der Waals surface area contributed by atoms with Gasteiger partial charge in [-0.15, -0.1) is 0 Å². The van der Waals surface area contributed by atoms with Gasteiger partial charge in [0.15, 0.2) is 0 Å². The molecule has 1 saturated heterocycles. The van der Waals surface area contributed by atoms with Crippen LogP contribution < -0.4 is 5.46 Å². The molecule has 0 saturated carbocycles. The van der Waals surface area contributed by atoms with E-state index in [2.05, 4.69) is 9.80 Å². The molecule has 1 aliphatic rings. The van der Waals surface area contributed by atoms with Crippen molar-refractivity contribution in [2.75, 3.05) is 33.2 Å². The summed E-state index contributed by atoms with van der Waals surface area (Å²) in [6.07, 6.45) is 2.56. The minimum Gasteiger partial charge on any atom is -0.423 e. The van der Waals surface area contributed by atoms with E-state index < -0.39 is 7.12 Å². The van der Waals surface area contributed by atoms with Gasteiger partial charge in [-0.2, -0.15) is 0 Å². The quantitative estimate of drug-likeness (QED) is 0.722. The molecule has 1 aromatic rings. The molecule has 1 aromatic carbocycles. The van der Waals surface area contributed by atoms with Crippen LogP contribution in [0.2, 0.25) is 0 Å². The Morgan fingerprint density at radius 1 is 1.30 bits per heavy atom. The van der Waals surface area contributed by atoms with Gasteiger partial charge in [-0.3, -0.25) is 0 Å². The molecule has 110 valence electrons. The summed E-state index contributed by atoms with van der Waals surface area (Å²) in [6, 6.07) is 4.36. The number of likely N-dealkylation sites (N-methyl/N-ethyl adjacent to an activating group) is 1. The highest BCUT2D eigenvalue weighted by molar-refractivity contribution is 6.58. The number of nitrogens with zero attached hydrogens (tertiary/aromatic N) is 2. The topological polar surface area (TPSA) is 46.9 Å². The monoisotopic (exact) mass is 280 g/mol. The smallest absolute Gasteiger partial charge is 0.423 e. The highest BCUT2D eigenvalue weighted by atomic mass is 19.1. The van der Waals surface area contributed by atoms with Crippen molar-refractivity contribution in [1.82, 2.24) is 9.80 Å². The maximum absolute atomic E-state index is 13.9. The Morgan fingerprint density at radius 3 is 2.60 bits per heavy atom. The Balaban J connectivity index is 1.85. The van der Waals surface area contributed by atoms with E-state index in [1.807, 2.05) is 7.05 Å². The molecule has 2 rings (SSSR count). The number of benzene rings is 1. The van der Waals surface area contributed by atoms with Crippen LogP contribution in [0.4, 0.5) is 4.39 Å². The van der Waals surface area contributed by atoms with E-state index in [-0.39, 0.29) is 11.3 Å². The Bertz CT molecular complexity index is 439. The van der Waals surface area contributed by atoms with Gasteiger partial charge in [0.2, 0.25) is 0 Å². The third-order valence-corrected chi connectivity index (χ3v) is 3.81. The molecule has 4 nitrogen and oxygen atoms in total. The Labute approximate surface area is 120 Å². The summed E-state index contributed by atoms with van der Waals surface area (Å²) in [5, 5.41) is 18.0. The molecule has 1 heterocycles. The van der Waals surface area contributed by atoms with E-state index in [1.165, 1.54) is 32.0 Å². The molecule has 20 heavy (non-hydrogen) atoms. The second-order valence-electron chi connectivity index (χ2n) is 5.51. The van der Waals surface area contributed by atoms with Crippen molar-refractivity contribution in [2.45, 2.75) is 19.4 Å². The SMILES string of the molecule is CN(CCN1CCCC1)Cc1ccc(B(O)O)cc1F. The molecule has 1 aliphatic heterocycles. The molecular weight excluding hydrogens is 258 g/mol. The fraction of sp³-hybridized carbons (Fsp3) is 0.571. The van der Waals surface area contributed by atoms with Crippen LogP contribution in [0.3, 0.4) is 0 Å². The summed E-state index contributed by atoms with van der Waals surface area (Å²) in [7, 11) is 0.357. The van der Waals surface area contributed by atoms with Crippen LogP contribution in [-0.2, 0) is 6.54 Å². The highest BCUT2D eigenvalue weighted by Gasteiger charge is 2.15. The van der Waals surface area contributed by atoms with Crippen LogP contribution in [-0.4, -0.2) is 60.2 Å². The first-order chi connectivity index (χ1) is 9.56. The van der Waals surface area contributed by atoms with Crippen molar-refractivity contribution in [1.29, 1.82) is 0 Å². The molecule has 0 radical (unpaired) electrons. The summed E-state index contributed by atoms with van der Waals surface area (Å²) in [4.78, 5) is 4.52. The Morgan fingerprint density at radius 2 is 2.00 bits per heavy atom. The number of likely N-dealkylation sites (tertiary alicyclic amines) is 1. The number of rotatable bonds is 6. The third-order valence-electron chi connectivity index (χ3n) is 3.81. The van der Waals surface area contributed by atoms with Gasteiger partial charge in [-0.25, -0.2) is 4.39 Å². The Hall–Kier alpha value is -0.945. The first kappa shape index (κ1) is 15.4. The van der Waals surface area contributed by atoms with Crippen molar-refractivity contribution in [3.05, 3.63) is 29.6 Å². The lowest BCUT2D eigenvalue weighted by Gasteiger charge is -2.21. The fourth-order valence-corrected chi connectivity index (χ4v) is 2.54. The minimum absolute atomic E-state index is 0.186. The largest absolute Gasteiger partial charge is 0.488 e. The van der Waals surface area contributed by atoms with Crippen molar-refractivity contribution in [3.8, 4) is 0 Å². The molecule has 0 spiro atoms. The highest BCUT2D eigenvalue weighted by Crippen LogP contribution is 2.10. The standard InChI is InChI=1S/C14H22BFN2O2/c1-17(8-9-18-6-2-3-7-18)11-12-4-5-13(15(19)20)10-14(12)16/h4-5,10,19-20H,2-3,6-9,11H2,1H3. The van der Waals surface area contributed by atoms with Crippen LogP contribution in [0, 0.1) is 5.82 Å². The first-order valence-electron chi connectivity index (χ1n) is 7.11. The number of halogens is 1. The summed E-state index contributed by atoms with van der Waals surface area (Å²) in [5.41, 5.74) is 0.768. The van der Waals surface area contributed by atoms with Crippen LogP contribution in [0.1, 0.15) is 18.4 Å². The normalized spacial score (nSPS) is 16.1. The number of hydrogen-bond donors (Lipinski definition) is 2. The van der Waals surface area contributed by atoms with E-state index in [4.69, 9.17) is 10.0 Å². The molecule has 0 bridgehead atoms. The third kappa shape index (κ3) is 4.28. The average Bonchev–Trinajstić information content (AvgIpc) is 2.91. The maximum atomic E-state index is 13.9. The Kier molecular flexibility index (Phi) is 5.54. The van der Waals surface area contributed by atoms with E-state index in [0.29, 0.717) is 12.1 Å². The maximum Gasteiger partial charge on any atom is 0.488 e.